The third-order valence-corrected chi connectivity index (χ3v) is 8.81. The van der Waals surface area contributed by atoms with Crippen LogP contribution in [-0.2, 0) is 32.2 Å². The molecule has 2 saturated heterocycles. The largest absolute Gasteiger partial charge is 0.369 e. The molecule has 2 fully saturated rings. The van der Waals surface area contributed by atoms with Crippen LogP contribution in [0, 0.1) is 20.8 Å². The molecule has 1 aromatic heterocycles. The third kappa shape index (κ3) is 5.57. The molecule has 4 atom stereocenters. The van der Waals surface area contributed by atoms with Crippen LogP contribution in [0.4, 0.5) is 0 Å². The Morgan fingerprint density at radius 3 is 1.56 bits per heavy atom. The first-order valence-electron chi connectivity index (χ1n) is 14.8. The van der Waals surface area contributed by atoms with Crippen molar-refractivity contribution in [2.75, 3.05) is 27.3 Å². The van der Waals surface area contributed by atoms with Gasteiger partial charge in [-0.05, 0) is 55.9 Å². The number of likely N-dealkylation sites (tertiary alicyclic amines) is 2. The summed E-state index contributed by atoms with van der Waals surface area (Å²) in [5.74, 6) is -0.158. The van der Waals surface area contributed by atoms with Crippen molar-refractivity contribution in [3.05, 3.63) is 103 Å². The van der Waals surface area contributed by atoms with Crippen LogP contribution in [0.25, 0.3) is 0 Å². The van der Waals surface area contributed by atoms with Crippen molar-refractivity contribution in [1.82, 2.24) is 18.9 Å². The molecular weight excluding hydrogens is 548 g/mol. The lowest BCUT2D eigenvalue weighted by Gasteiger charge is -2.47. The quantitative estimate of drug-likeness (QED) is 0.302. The number of hydrogen-bond acceptors (Lipinski definition) is 6. The van der Waals surface area contributed by atoms with Crippen molar-refractivity contribution < 1.29 is 19.1 Å². The zero-order valence-corrected chi connectivity index (χ0v) is 25.5. The van der Waals surface area contributed by atoms with Crippen molar-refractivity contribution in [3.8, 4) is 0 Å². The van der Waals surface area contributed by atoms with Crippen LogP contribution in [0.1, 0.15) is 52.7 Å². The molecule has 0 spiro atoms. The summed E-state index contributed by atoms with van der Waals surface area (Å²) in [6.45, 7) is 7.13. The minimum atomic E-state index is -0.539. The summed E-state index contributed by atoms with van der Waals surface area (Å²) in [5.41, 5.74) is 4.00. The van der Waals surface area contributed by atoms with E-state index in [1.54, 1.807) is 34.6 Å². The number of amides is 2. The summed E-state index contributed by atoms with van der Waals surface area (Å²) in [7, 11) is 3.09. The summed E-state index contributed by atoms with van der Waals surface area (Å²) >= 11 is 0. The van der Waals surface area contributed by atoms with E-state index in [0.29, 0.717) is 38.0 Å². The molecule has 3 heterocycles. The predicted molar refractivity (Wildman–Crippen MR) is 162 cm³/mol. The molecule has 0 radical (unpaired) electrons. The number of nitrogens with zero attached hydrogens (tertiary/aromatic N) is 4. The minimum Gasteiger partial charge on any atom is -0.369 e. The van der Waals surface area contributed by atoms with Crippen molar-refractivity contribution in [2.45, 2.75) is 71.0 Å². The van der Waals surface area contributed by atoms with Gasteiger partial charge in [-0.3, -0.25) is 19.0 Å². The highest BCUT2D eigenvalue weighted by molar-refractivity contribution is 5.89. The Hall–Kier alpha value is -4.02. The predicted octanol–water partition coefficient (Wildman–Crippen LogP) is 2.91. The fourth-order valence-electron chi connectivity index (χ4n) is 6.46. The summed E-state index contributed by atoms with van der Waals surface area (Å²) in [6.07, 6.45) is 1.52. The third-order valence-electron chi connectivity index (χ3n) is 8.81. The Bertz CT molecular complexity index is 1630. The smallest absolute Gasteiger partial charge is 0.330 e. The van der Waals surface area contributed by atoms with Gasteiger partial charge in [-0.25, -0.2) is 4.79 Å². The number of carbonyl (C=O) groups excluding carboxylic acids is 2. The average Bonchev–Trinajstić information content (AvgIpc) is 2.99. The molecule has 0 aliphatic carbocycles. The lowest BCUT2D eigenvalue weighted by Crippen LogP contribution is -2.60. The summed E-state index contributed by atoms with van der Waals surface area (Å²) in [6, 6.07) is 15.5. The number of ether oxygens (including phenoxy) is 2. The summed E-state index contributed by atoms with van der Waals surface area (Å²) in [4.78, 5) is 55.5. The van der Waals surface area contributed by atoms with E-state index < -0.39 is 17.9 Å². The maximum Gasteiger partial charge on any atom is 0.330 e. The number of benzene rings is 2. The molecule has 3 aromatic rings. The van der Waals surface area contributed by atoms with Crippen molar-refractivity contribution >= 4 is 11.8 Å². The highest BCUT2D eigenvalue weighted by atomic mass is 16.5. The van der Waals surface area contributed by atoms with E-state index in [9.17, 15) is 19.2 Å². The first-order chi connectivity index (χ1) is 20.7. The second-order valence-electron chi connectivity index (χ2n) is 11.4. The molecule has 10 nitrogen and oxygen atoms in total. The number of methoxy groups -OCH3 is 2. The van der Waals surface area contributed by atoms with E-state index in [1.807, 2.05) is 62.4 Å². The lowest BCUT2D eigenvalue weighted by atomic mass is 9.88. The molecule has 0 N–H and O–H groups in total. The number of carbonyl (C=O) groups is 2. The maximum absolute atomic E-state index is 13.4. The monoisotopic (exact) mass is 588 g/mol. The van der Waals surface area contributed by atoms with Crippen LogP contribution in [0.5, 0.6) is 0 Å². The number of rotatable bonds is 12. The van der Waals surface area contributed by atoms with E-state index in [0.717, 1.165) is 22.3 Å². The van der Waals surface area contributed by atoms with Gasteiger partial charge in [0.1, 0.15) is 0 Å². The zero-order chi connectivity index (χ0) is 30.8. The highest BCUT2D eigenvalue weighted by Gasteiger charge is 2.49. The molecule has 0 saturated carbocycles. The van der Waals surface area contributed by atoms with Gasteiger partial charge in [0.15, 0.2) is 12.2 Å². The van der Waals surface area contributed by atoms with Gasteiger partial charge in [0.2, 0.25) is 0 Å². The zero-order valence-electron chi connectivity index (χ0n) is 25.5. The van der Waals surface area contributed by atoms with Crippen LogP contribution in [0.15, 0.2) is 64.3 Å². The second-order valence-corrected chi connectivity index (χ2v) is 11.4. The van der Waals surface area contributed by atoms with Gasteiger partial charge in [-0.2, -0.15) is 0 Å². The Morgan fingerprint density at radius 1 is 0.628 bits per heavy atom. The van der Waals surface area contributed by atoms with Gasteiger partial charge in [-0.1, -0.05) is 48.5 Å². The Kier molecular flexibility index (Phi) is 8.98. The SMILES string of the molecule is CO[C@@H]1C(=O)N(CCCn2cc(C)c(=O)n(CCCN3C(=O)[C@@H](OC)[C@H]3c3ccccc3C)c2=O)[C@@H]1c1ccccc1C. The van der Waals surface area contributed by atoms with Gasteiger partial charge >= 0.3 is 5.69 Å². The number of β-lactam (4-membered cyclic amide) rings is 2. The minimum absolute atomic E-state index is 0.0653. The molecule has 2 aliphatic rings. The number of aromatic nitrogens is 2. The Balaban J connectivity index is 1.24. The van der Waals surface area contributed by atoms with E-state index in [-0.39, 0.29) is 36.0 Å². The van der Waals surface area contributed by atoms with Crippen molar-refractivity contribution in [2.24, 2.45) is 0 Å². The lowest BCUT2D eigenvalue weighted by molar-refractivity contribution is -0.171. The average molecular weight is 589 g/mol. The molecule has 5 rings (SSSR count). The molecule has 2 aliphatic heterocycles. The Labute approximate surface area is 251 Å². The molecule has 43 heavy (non-hydrogen) atoms. The van der Waals surface area contributed by atoms with Gasteiger partial charge in [0.05, 0.1) is 12.1 Å². The normalized spacial score (nSPS) is 21.6. The molecule has 2 amide bonds. The van der Waals surface area contributed by atoms with Crippen molar-refractivity contribution in [3.63, 3.8) is 0 Å². The van der Waals surface area contributed by atoms with Crippen molar-refractivity contribution in [1.29, 1.82) is 0 Å². The van der Waals surface area contributed by atoms with Crippen LogP contribution < -0.4 is 11.2 Å². The summed E-state index contributed by atoms with van der Waals surface area (Å²) in [5, 5.41) is 0. The topological polar surface area (TPSA) is 103 Å². The molecule has 0 unspecified atom stereocenters. The molecular formula is C33H40N4O6. The standard InChI is InChI=1S/C33H40N4O6/c1-21-12-6-8-14-24(21)26-28(42-4)31(39)35(26)17-10-16-34-20-23(3)30(38)37(33(34)41)19-11-18-36-27(29(43-5)32(36)40)25-15-9-7-13-22(25)2/h6-9,12-15,20,26-29H,10-11,16-19H2,1-5H3/t26-,27-,28+,29+/m1/s1. The number of aryl methyl sites for hydroxylation is 4. The second kappa shape index (κ2) is 12.7. The summed E-state index contributed by atoms with van der Waals surface area (Å²) < 4.78 is 13.8. The van der Waals surface area contributed by atoms with Gasteiger partial charge < -0.3 is 23.8 Å². The van der Waals surface area contributed by atoms with E-state index in [4.69, 9.17) is 9.47 Å². The van der Waals surface area contributed by atoms with Gasteiger partial charge in [0, 0.05) is 52.2 Å². The van der Waals surface area contributed by atoms with Crippen LogP contribution >= 0.6 is 0 Å². The fraction of sp³-hybridized carbons (Fsp3) is 0.455. The molecule has 2 aromatic carbocycles. The van der Waals surface area contributed by atoms with Gasteiger partial charge in [-0.15, -0.1) is 0 Å². The highest BCUT2D eigenvalue weighted by Crippen LogP contribution is 2.39. The Morgan fingerprint density at radius 2 is 1.09 bits per heavy atom. The molecule has 10 heteroatoms. The van der Waals surface area contributed by atoms with E-state index in [1.165, 1.54) is 11.7 Å². The maximum atomic E-state index is 13.4. The van der Waals surface area contributed by atoms with Crippen LogP contribution in [0.3, 0.4) is 0 Å². The molecule has 228 valence electrons. The molecule has 0 bridgehead atoms. The van der Waals surface area contributed by atoms with E-state index in [2.05, 4.69) is 0 Å². The first kappa shape index (κ1) is 30.4. The number of hydrogen-bond donors (Lipinski definition) is 0. The van der Waals surface area contributed by atoms with Gasteiger partial charge in [0.25, 0.3) is 17.4 Å². The fourth-order valence-corrected chi connectivity index (χ4v) is 6.46. The van der Waals surface area contributed by atoms with Crippen LogP contribution in [0.2, 0.25) is 0 Å². The van der Waals surface area contributed by atoms with Crippen LogP contribution in [-0.4, -0.2) is 70.3 Å². The first-order valence-corrected chi connectivity index (χ1v) is 14.8. The van der Waals surface area contributed by atoms with E-state index >= 15 is 0 Å².